The first-order chi connectivity index (χ1) is 11.6. The molecule has 3 rings (SSSR count). The van der Waals surface area contributed by atoms with Crippen LogP contribution in [0.2, 0.25) is 0 Å². The maximum absolute atomic E-state index is 11.8. The number of morpholine rings is 1. The van der Waals surface area contributed by atoms with Crippen LogP contribution < -0.4 is 5.32 Å². The van der Waals surface area contributed by atoms with Gasteiger partial charge in [0, 0.05) is 6.54 Å². The van der Waals surface area contributed by atoms with E-state index in [9.17, 15) is 14.7 Å². The molecule has 126 valence electrons. The Balaban J connectivity index is 1.85. The minimum atomic E-state index is -1.00. The highest BCUT2D eigenvalue weighted by Gasteiger charge is 2.28. The highest BCUT2D eigenvalue weighted by Crippen LogP contribution is 2.28. The molecule has 1 saturated heterocycles. The molecule has 1 heterocycles. The third kappa shape index (κ3) is 3.33. The van der Waals surface area contributed by atoms with Crippen LogP contribution in [0.5, 0.6) is 0 Å². The Labute approximate surface area is 140 Å². The third-order valence-corrected chi connectivity index (χ3v) is 4.36. The first-order valence-electron chi connectivity index (χ1n) is 7.92. The quantitative estimate of drug-likeness (QED) is 0.903. The van der Waals surface area contributed by atoms with E-state index >= 15 is 0 Å². The minimum absolute atomic E-state index is 0.0270. The number of rotatable bonds is 4. The maximum Gasteiger partial charge on any atom is 0.407 e. The number of carbonyl (C=O) groups is 2. The van der Waals surface area contributed by atoms with Gasteiger partial charge in [0.15, 0.2) is 0 Å². The maximum atomic E-state index is 11.8. The van der Waals surface area contributed by atoms with Crippen molar-refractivity contribution in [3.05, 3.63) is 48.0 Å². The molecular weight excluding hydrogens is 308 g/mol. The van der Waals surface area contributed by atoms with E-state index in [-0.39, 0.29) is 31.2 Å². The number of hydrogen-bond donors (Lipinski definition) is 2. The predicted molar refractivity (Wildman–Crippen MR) is 89.8 cm³/mol. The van der Waals surface area contributed by atoms with Gasteiger partial charge in [0.05, 0.1) is 18.7 Å². The van der Waals surface area contributed by atoms with Crippen molar-refractivity contribution in [1.29, 1.82) is 0 Å². The molecule has 0 spiro atoms. The first-order valence-corrected chi connectivity index (χ1v) is 7.92. The van der Waals surface area contributed by atoms with Gasteiger partial charge < -0.3 is 15.2 Å². The highest BCUT2D eigenvalue weighted by molar-refractivity contribution is 5.86. The highest BCUT2D eigenvalue weighted by atomic mass is 16.5. The van der Waals surface area contributed by atoms with Crippen LogP contribution in [-0.2, 0) is 9.53 Å². The second-order valence-electron chi connectivity index (χ2n) is 5.92. The van der Waals surface area contributed by atoms with E-state index in [1.165, 1.54) is 4.90 Å². The van der Waals surface area contributed by atoms with Gasteiger partial charge in [-0.1, -0.05) is 42.5 Å². The average molecular weight is 328 g/mol. The zero-order chi connectivity index (χ0) is 17.1. The summed E-state index contributed by atoms with van der Waals surface area (Å²) in [5.41, 5.74) is 0.954. The second kappa shape index (κ2) is 6.88. The molecule has 6 nitrogen and oxygen atoms in total. The van der Waals surface area contributed by atoms with E-state index in [0.29, 0.717) is 6.54 Å². The summed E-state index contributed by atoms with van der Waals surface area (Å²) in [4.78, 5) is 24.3. The van der Waals surface area contributed by atoms with E-state index < -0.39 is 6.09 Å². The Bertz CT molecular complexity index is 746. The fourth-order valence-corrected chi connectivity index (χ4v) is 3.05. The third-order valence-electron chi connectivity index (χ3n) is 4.36. The Morgan fingerprint density at radius 2 is 2.08 bits per heavy atom. The molecule has 0 aliphatic carbocycles. The topological polar surface area (TPSA) is 78.9 Å². The molecule has 24 heavy (non-hydrogen) atoms. The summed E-state index contributed by atoms with van der Waals surface area (Å²) in [6.07, 6.45) is -1.34. The average Bonchev–Trinajstić information content (AvgIpc) is 2.60. The number of hydrogen-bond acceptors (Lipinski definition) is 3. The minimum Gasteiger partial charge on any atom is -0.465 e. The molecule has 0 bridgehead atoms. The van der Waals surface area contributed by atoms with Gasteiger partial charge >= 0.3 is 6.09 Å². The lowest BCUT2D eigenvalue weighted by molar-refractivity contribution is -0.133. The summed E-state index contributed by atoms with van der Waals surface area (Å²) in [5, 5.41) is 14.5. The fourth-order valence-electron chi connectivity index (χ4n) is 3.05. The number of carboxylic acid groups (broad SMARTS) is 1. The summed E-state index contributed by atoms with van der Waals surface area (Å²) in [6.45, 7) is 2.38. The van der Waals surface area contributed by atoms with Gasteiger partial charge in [-0.05, 0) is 23.3 Å². The largest absolute Gasteiger partial charge is 0.465 e. The van der Waals surface area contributed by atoms with E-state index in [1.807, 2.05) is 49.4 Å². The number of nitrogens with one attached hydrogen (secondary N) is 1. The van der Waals surface area contributed by atoms with Crippen LogP contribution >= 0.6 is 0 Å². The lowest BCUT2D eigenvalue weighted by atomic mass is 9.98. The van der Waals surface area contributed by atoms with Gasteiger partial charge in [0.1, 0.15) is 6.61 Å². The van der Waals surface area contributed by atoms with Crippen molar-refractivity contribution >= 4 is 22.8 Å². The molecule has 0 radical (unpaired) electrons. The Kier molecular flexibility index (Phi) is 4.66. The van der Waals surface area contributed by atoms with Crippen molar-refractivity contribution < 1.29 is 19.4 Å². The van der Waals surface area contributed by atoms with E-state index in [0.717, 1.165) is 16.3 Å². The van der Waals surface area contributed by atoms with Crippen molar-refractivity contribution in [2.45, 2.75) is 19.1 Å². The number of carbonyl (C=O) groups excluding carboxylic acids is 1. The molecule has 0 aromatic heterocycles. The van der Waals surface area contributed by atoms with Crippen molar-refractivity contribution in [2.75, 3.05) is 19.7 Å². The van der Waals surface area contributed by atoms with Crippen molar-refractivity contribution in [3.63, 3.8) is 0 Å². The molecule has 2 aromatic rings. The molecular formula is C18H20N2O4. The second-order valence-corrected chi connectivity index (χ2v) is 5.92. The van der Waals surface area contributed by atoms with Crippen molar-refractivity contribution in [3.8, 4) is 0 Å². The van der Waals surface area contributed by atoms with E-state index in [1.54, 1.807) is 0 Å². The number of ether oxygens (including phenoxy) is 1. The molecule has 6 heteroatoms. The molecule has 2 aromatic carbocycles. The van der Waals surface area contributed by atoms with Crippen LogP contribution in [-0.4, -0.2) is 47.8 Å². The Morgan fingerprint density at radius 3 is 2.79 bits per heavy atom. The van der Waals surface area contributed by atoms with Crippen LogP contribution in [0.1, 0.15) is 18.5 Å². The molecule has 1 unspecified atom stereocenters. The van der Waals surface area contributed by atoms with Gasteiger partial charge in [0.25, 0.3) is 0 Å². The van der Waals surface area contributed by atoms with Crippen LogP contribution in [0.3, 0.4) is 0 Å². The number of benzene rings is 2. The summed E-state index contributed by atoms with van der Waals surface area (Å²) >= 11 is 0. The van der Waals surface area contributed by atoms with Gasteiger partial charge in [-0.25, -0.2) is 4.79 Å². The van der Waals surface area contributed by atoms with Gasteiger partial charge in [-0.3, -0.25) is 9.69 Å². The molecule has 2 N–H and O–H groups in total. The number of amides is 2. The van der Waals surface area contributed by atoms with E-state index in [2.05, 4.69) is 5.32 Å². The zero-order valence-corrected chi connectivity index (χ0v) is 13.4. The van der Waals surface area contributed by atoms with Gasteiger partial charge in [0.2, 0.25) is 5.91 Å². The molecule has 2 atom stereocenters. The summed E-state index contributed by atoms with van der Waals surface area (Å²) in [6, 6.07) is 13.5. The smallest absolute Gasteiger partial charge is 0.407 e. The number of fused-ring (bicyclic) bond motifs is 1. The lowest BCUT2D eigenvalue weighted by Gasteiger charge is -2.32. The first kappa shape index (κ1) is 16.3. The molecule has 2 amide bonds. The standard InChI is InChI=1S/C18H20N2O4/c1-12(15-8-4-6-13-5-2-3-7-16(13)15)20(18(22)23)10-14-9-19-17(21)11-24-14/h2-8,12,14H,9-11H2,1H3,(H,19,21)(H,22,23)/t12-,14?/m1/s1. The van der Waals surface area contributed by atoms with Crippen molar-refractivity contribution in [1.82, 2.24) is 10.2 Å². The molecule has 1 aliphatic heterocycles. The van der Waals surface area contributed by atoms with Crippen molar-refractivity contribution in [2.24, 2.45) is 0 Å². The lowest BCUT2D eigenvalue weighted by Crippen LogP contribution is -2.49. The molecule has 1 aliphatic rings. The SMILES string of the molecule is C[C@H](c1cccc2ccccc12)N(CC1CNC(=O)CO1)C(=O)O. The monoisotopic (exact) mass is 328 g/mol. The van der Waals surface area contributed by atoms with Gasteiger partial charge in [-0.2, -0.15) is 0 Å². The molecule has 1 fully saturated rings. The summed E-state index contributed by atoms with van der Waals surface area (Å²) in [7, 11) is 0. The Hall–Kier alpha value is -2.60. The van der Waals surface area contributed by atoms with Crippen LogP contribution in [0.25, 0.3) is 10.8 Å². The summed E-state index contributed by atoms with van der Waals surface area (Å²) in [5.74, 6) is -0.171. The Morgan fingerprint density at radius 1 is 1.33 bits per heavy atom. The van der Waals surface area contributed by atoms with Crippen LogP contribution in [0.15, 0.2) is 42.5 Å². The van der Waals surface area contributed by atoms with Crippen LogP contribution in [0.4, 0.5) is 4.79 Å². The predicted octanol–water partition coefficient (Wildman–Crippen LogP) is 2.40. The van der Waals surface area contributed by atoms with Gasteiger partial charge in [-0.15, -0.1) is 0 Å². The van der Waals surface area contributed by atoms with Crippen LogP contribution in [0, 0.1) is 0 Å². The number of nitrogens with zero attached hydrogens (tertiary/aromatic N) is 1. The molecule has 0 saturated carbocycles. The van der Waals surface area contributed by atoms with E-state index in [4.69, 9.17) is 4.74 Å². The normalized spacial score (nSPS) is 18.9. The fraction of sp³-hybridized carbons (Fsp3) is 0.333. The summed E-state index contributed by atoms with van der Waals surface area (Å²) < 4.78 is 5.43. The zero-order valence-electron chi connectivity index (χ0n) is 13.4.